The van der Waals surface area contributed by atoms with E-state index in [0.29, 0.717) is 11.7 Å². The highest BCUT2D eigenvalue weighted by Crippen LogP contribution is 2.32. The zero-order valence-electron chi connectivity index (χ0n) is 18.5. The van der Waals surface area contributed by atoms with E-state index in [2.05, 4.69) is 25.1 Å². The second-order valence-corrected chi connectivity index (χ2v) is 8.44. The van der Waals surface area contributed by atoms with Crippen molar-refractivity contribution in [3.8, 4) is 11.8 Å². The molecule has 0 unspecified atom stereocenters. The van der Waals surface area contributed by atoms with E-state index >= 15 is 0 Å². The number of esters is 1. The van der Waals surface area contributed by atoms with E-state index in [0.717, 1.165) is 44.9 Å². The van der Waals surface area contributed by atoms with Gasteiger partial charge in [0, 0.05) is 6.08 Å². The van der Waals surface area contributed by atoms with Crippen LogP contribution in [0.5, 0.6) is 5.75 Å². The maximum absolute atomic E-state index is 12.5. The van der Waals surface area contributed by atoms with Crippen molar-refractivity contribution in [1.82, 2.24) is 0 Å². The summed E-state index contributed by atoms with van der Waals surface area (Å²) in [6.07, 6.45) is 21.1. The van der Waals surface area contributed by atoms with Crippen LogP contribution in [0.25, 0.3) is 0 Å². The molecule has 0 atom stereocenters. The van der Waals surface area contributed by atoms with Gasteiger partial charge in [-0.3, -0.25) is 4.79 Å². The highest BCUT2D eigenvalue weighted by atomic mass is 16.5. The number of unbranched alkanes of at least 4 members (excludes halogenated alkanes) is 4. The van der Waals surface area contributed by atoms with Gasteiger partial charge in [-0.15, -0.1) is 0 Å². The van der Waals surface area contributed by atoms with Crippen LogP contribution in [0.3, 0.4) is 0 Å². The minimum absolute atomic E-state index is 0.0357. The van der Waals surface area contributed by atoms with Crippen LogP contribution >= 0.6 is 0 Å². The molecule has 0 spiro atoms. The van der Waals surface area contributed by atoms with Gasteiger partial charge >= 0.3 is 5.97 Å². The molecule has 1 aliphatic carbocycles. The number of ether oxygens (including phenoxy) is 1. The number of rotatable bonds is 12. The van der Waals surface area contributed by atoms with Gasteiger partial charge < -0.3 is 4.74 Å². The molecule has 0 aromatic heterocycles. The fourth-order valence-corrected chi connectivity index (χ4v) is 4.15. The Morgan fingerprint density at radius 2 is 1.80 bits per heavy atom. The highest BCUT2D eigenvalue weighted by molar-refractivity contribution is 5.75. The van der Waals surface area contributed by atoms with Crippen LogP contribution in [0.15, 0.2) is 48.6 Å². The molecule has 0 heterocycles. The van der Waals surface area contributed by atoms with Crippen molar-refractivity contribution in [3.63, 3.8) is 0 Å². The highest BCUT2D eigenvalue weighted by Gasteiger charge is 2.27. The van der Waals surface area contributed by atoms with E-state index in [1.54, 1.807) is 6.08 Å². The van der Waals surface area contributed by atoms with Crippen LogP contribution in [-0.2, 0) is 11.2 Å². The first-order valence-corrected chi connectivity index (χ1v) is 11.7. The molecule has 0 bridgehead atoms. The maximum Gasteiger partial charge on any atom is 0.314 e. The minimum atomic E-state index is -0.0673. The number of carbonyl (C=O) groups is 1. The topological polar surface area (TPSA) is 50.1 Å². The molecule has 1 aromatic carbocycles. The van der Waals surface area contributed by atoms with E-state index in [-0.39, 0.29) is 11.9 Å². The molecular weight excluding hydrogens is 370 g/mol. The first kappa shape index (κ1) is 23.9. The number of nitrogens with zero attached hydrogens (tertiary/aromatic N) is 1. The summed E-state index contributed by atoms with van der Waals surface area (Å²) in [7, 11) is 0. The number of carbonyl (C=O) groups excluding carboxylic acids is 1. The Bertz CT molecular complexity index is 703. The van der Waals surface area contributed by atoms with Crippen LogP contribution in [0, 0.1) is 23.2 Å². The average Bonchev–Trinajstić information content (AvgIpc) is 2.77. The standard InChI is InChI=1S/C27H37NO2/c1-2-3-4-6-9-13-24-16-20-26(21-17-24)30-27(29)25-18-14-23(15-19-25)12-10-7-5-8-11-22-28/h5,7-8,11,16-17,20-21,23,25H,2-4,6,9-10,12-15,18-19H2,1H3. The van der Waals surface area contributed by atoms with Gasteiger partial charge in [0.05, 0.1) is 12.0 Å². The van der Waals surface area contributed by atoms with E-state index in [1.807, 2.05) is 24.3 Å². The minimum Gasteiger partial charge on any atom is -0.426 e. The molecule has 1 aliphatic rings. The molecule has 0 N–H and O–H groups in total. The molecule has 1 aromatic rings. The number of hydrogen-bond acceptors (Lipinski definition) is 3. The van der Waals surface area contributed by atoms with Crippen molar-refractivity contribution in [1.29, 1.82) is 5.26 Å². The summed E-state index contributed by atoms with van der Waals surface area (Å²) in [4.78, 5) is 12.5. The Balaban J connectivity index is 1.65. The van der Waals surface area contributed by atoms with Gasteiger partial charge in [0.15, 0.2) is 0 Å². The Morgan fingerprint density at radius 3 is 2.50 bits per heavy atom. The summed E-state index contributed by atoms with van der Waals surface area (Å²) in [5, 5.41) is 8.45. The van der Waals surface area contributed by atoms with Crippen LogP contribution in [0.2, 0.25) is 0 Å². The Hall–Kier alpha value is -2.34. The quantitative estimate of drug-likeness (QED) is 0.120. The van der Waals surface area contributed by atoms with Crippen molar-refractivity contribution in [2.75, 3.05) is 0 Å². The lowest BCUT2D eigenvalue weighted by Crippen LogP contribution is -2.25. The molecule has 2 rings (SSSR count). The summed E-state index contributed by atoms with van der Waals surface area (Å²) in [6.45, 7) is 2.24. The van der Waals surface area contributed by atoms with Crippen molar-refractivity contribution in [2.24, 2.45) is 11.8 Å². The third-order valence-electron chi connectivity index (χ3n) is 6.05. The van der Waals surface area contributed by atoms with Crippen LogP contribution in [-0.4, -0.2) is 5.97 Å². The fraction of sp³-hybridized carbons (Fsp3) is 0.556. The lowest BCUT2D eigenvalue weighted by atomic mass is 9.80. The summed E-state index contributed by atoms with van der Waals surface area (Å²) in [5.74, 6) is 1.33. The summed E-state index contributed by atoms with van der Waals surface area (Å²) in [6, 6.07) is 10.1. The number of nitriles is 1. The number of allylic oxidation sites excluding steroid dienone is 4. The van der Waals surface area contributed by atoms with E-state index in [4.69, 9.17) is 10.00 Å². The van der Waals surface area contributed by atoms with Gasteiger partial charge in [-0.2, -0.15) is 5.26 Å². The molecule has 1 fully saturated rings. The number of benzene rings is 1. The molecule has 0 aliphatic heterocycles. The van der Waals surface area contributed by atoms with Crippen molar-refractivity contribution >= 4 is 5.97 Å². The molecule has 0 amide bonds. The maximum atomic E-state index is 12.5. The average molecular weight is 408 g/mol. The van der Waals surface area contributed by atoms with E-state index < -0.39 is 0 Å². The van der Waals surface area contributed by atoms with Gasteiger partial charge in [0.25, 0.3) is 0 Å². The molecule has 0 saturated heterocycles. The molecule has 0 radical (unpaired) electrons. The van der Waals surface area contributed by atoms with Crippen molar-refractivity contribution in [2.45, 2.75) is 84.0 Å². The monoisotopic (exact) mass is 407 g/mol. The first-order valence-electron chi connectivity index (χ1n) is 11.7. The Kier molecular flexibility index (Phi) is 11.7. The van der Waals surface area contributed by atoms with Crippen LogP contribution in [0.4, 0.5) is 0 Å². The summed E-state index contributed by atoms with van der Waals surface area (Å²) >= 11 is 0. The molecule has 1 saturated carbocycles. The summed E-state index contributed by atoms with van der Waals surface area (Å²) in [5.41, 5.74) is 1.32. The lowest BCUT2D eigenvalue weighted by molar-refractivity contribution is -0.140. The molecule has 3 heteroatoms. The second kappa shape index (κ2) is 14.6. The predicted octanol–water partition coefficient (Wildman–Crippen LogP) is 7.33. The lowest BCUT2D eigenvalue weighted by Gasteiger charge is -2.26. The van der Waals surface area contributed by atoms with E-state index in [1.165, 1.54) is 43.7 Å². The van der Waals surface area contributed by atoms with Gasteiger partial charge in [-0.05, 0) is 75.0 Å². The van der Waals surface area contributed by atoms with Crippen molar-refractivity contribution < 1.29 is 9.53 Å². The predicted molar refractivity (Wildman–Crippen MR) is 123 cm³/mol. The second-order valence-electron chi connectivity index (χ2n) is 8.44. The fourth-order valence-electron chi connectivity index (χ4n) is 4.15. The SMILES string of the molecule is CCCCCCCc1ccc(OC(=O)C2CCC(CCC=CC=CC#N)CC2)cc1. The molecule has 162 valence electrons. The Labute approximate surface area is 182 Å². The van der Waals surface area contributed by atoms with Crippen LogP contribution in [0.1, 0.15) is 83.1 Å². The zero-order chi connectivity index (χ0) is 21.4. The van der Waals surface area contributed by atoms with Gasteiger partial charge in [-0.25, -0.2) is 0 Å². The van der Waals surface area contributed by atoms with Gasteiger partial charge in [-0.1, -0.05) is 63.0 Å². The molecular formula is C27H37NO2. The number of aryl methyl sites for hydroxylation is 1. The smallest absolute Gasteiger partial charge is 0.314 e. The van der Waals surface area contributed by atoms with E-state index in [9.17, 15) is 4.79 Å². The normalized spacial score (nSPS) is 19.2. The zero-order valence-corrected chi connectivity index (χ0v) is 18.5. The summed E-state index contributed by atoms with van der Waals surface area (Å²) < 4.78 is 5.65. The van der Waals surface area contributed by atoms with Crippen molar-refractivity contribution in [3.05, 3.63) is 54.1 Å². The van der Waals surface area contributed by atoms with Gasteiger partial charge in [0.2, 0.25) is 0 Å². The third-order valence-corrected chi connectivity index (χ3v) is 6.05. The third kappa shape index (κ3) is 9.44. The van der Waals surface area contributed by atoms with Crippen LogP contribution < -0.4 is 4.74 Å². The van der Waals surface area contributed by atoms with Gasteiger partial charge in [0.1, 0.15) is 5.75 Å². The number of hydrogen-bond donors (Lipinski definition) is 0. The first-order chi connectivity index (χ1) is 14.7. The molecule has 30 heavy (non-hydrogen) atoms. The Morgan fingerprint density at radius 1 is 1.07 bits per heavy atom. The largest absolute Gasteiger partial charge is 0.426 e. The molecule has 3 nitrogen and oxygen atoms in total.